The number of pyridine rings is 1. The van der Waals surface area contributed by atoms with Crippen molar-refractivity contribution in [2.75, 3.05) is 5.43 Å². The lowest BCUT2D eigenvalue weighted by atomic mass is 9.51. The van der Waals surface area contributed by atoms with E-state index in [0.717, 1.165) is 40.1 Å². The fourth-order valence-electron chi connectivity index (χ4n) is 6.64. The van der Waals surface area contributed by atoms with Gasteiger partial charge in [-0.1, -0.05) is 24.3 Å². The van der Waals surface area contributed by atoms with Crippen molar-refractivity contribution in [1.82, 2.24) is 4.98 Å². The number of rotatable bonds is 4. The second-order valence-corrected chi connectivity index (χ2v) is 9.49. The van der Waals surface area contributed by atoms with Gasteiger partial charge in [0.1, 0.15) is 5.82 Å². The first-order chi connectivity index (χ1) is 14.7. The smallest absolute Gasteiger partial charge is 0.125 e. The molecule has 4 bridgehead atoms. The molecule has 4 fully saturated rings. The first-order valence-electron chi connectivity index (χ1n) is 11.2. The molecular weight excluding hydrogens is 373 g/mol. The first kappa shape index (κ1) is 18.1. The number of para-hydroxylation sites is 1. The van der Waals surface area contributed by atoms with E-state index < -0.39 is 0 Å². The molecular formula is C26H26FN3. The molecule has 0 aliphatic heterocycles. The number of nitrogens with zero attached hydrogens (tertiary/aromatic N) is 2. The largest absolute Gasteiger partial charge is 0.278 e. The summed E-state index contributed by atoms with van der Waals surface area (Å²) in [5.74, 6) is 3.83. The van der Waals surface area contributed by atoms with Gasteiger partial charge in [-0.3, -0.25) is 10.4 Å². The van der Waals surface area contributed by atoms with Gasteiger partial charge in [0.05, 0.1) is 17.4 Å². The maximum absolute atomic E-state index is 13.4. The Balaban J connectivity index is 1.35. The third-order valence-electron chi connectivity index (χ3n) is 7.56. The van der Waals surface area contributed by atoms with Gasteiger partial charge in [-0.15, -0.1) is 0 Å². The van der Waals surface area contributed by atoms with Crippen molar-refractivity contribution in [3.8, 4) is 0 Å². The van der Waals surface area contributed by atoms with E-state index in [4.69, 9.17) is 4.98 Å². The van der Waals surface area contributed by atoms with E-state index in [0.29, 0.717) is 11.6 Å². The van der Waals surface area contributed by atoms with E-state index in [1.165, 1.54) is 49.9 Å². The summed E-state index contributed by atoms with van der Waals surface area (Å²) >= 11 is 0. The summed E-state index contributed by atoms with van der Waals surface area (Å²) < 4.78 is 13.4. The molecule has 2 aromatic carbocycles. The standard InChI is InChI=1S/C26H26FN3/c27-21-4-3-5-22(14-21)30-28-15-20-13-25(29-24-7-2-1-6-23(20)24)26-18-9-16-8-17(11-18)12-19(26)10-16/h1-7,13-19,26,30H,8-12H2/b28-15-. The van der Waals surface area contributed by atoms with Crippen molar-refractivity contribution in [3.05, 3.63) is 71.7 Å². The van der Waals surface area contributed by atoms with Gasteiger partial charge in [-0.05, 0) is 86.1 Å². The zero-order valence-corrected chi connectivity index (χ0v) is 17.0. The fourth-order valence-corrected chi connectivity index (χ4v) is 6.64. The van der Waals surface area contributed by atoms with Crippen LogP contribution >= 0.6 is 0 Å². The van der Waals surface area contributed by atoms with Crippen molar-refractivity contribution in [2.45, 2.75) is 38.0 Å². The van der Waals surface area contributed by atoms with Gasteiger partial charge in [0, 0.05) is 22.6 Å². The maximum atomic E-state index is 13.4. The van der Waals surface area contributed by atoms with Crippen molar-refractivity contribution >= 4 is 22.8 Å². The lowest BCUT2D eigenvalue weighted by Crippen LogP contribution is -2.44. The number of hydrogen-bond donors (Lipinski definition) is 1. The number of aromatic nitrogens is 1. The van der Waals surface area contributed by atoms with Gasteiger partial charge < -0.3 is 0 Å². The zero-order valence-electron chi connectivity index (χ0n) is 17.0. The number of halogens is 1. The van der Waals surface area contributed by atoms with Gasteiger partial charge in [0.15, 0.2) is 0 Å². The molecule has 3 nitrogen and oxygen atoms in total. The molecule has 7 rings (SSSR count). The molecule has 4 saturated carbocycles. The quantitative estimate of drug-likeness (QED) is 0.409. The molecule has 1 heterocycles. The molecule has 0 atom stereocenters. The van der Waals surface area contributed by atoms with Crippen LogP contribution < -0.4 is 5.43 Å². The summed E-state index contributed by atoms with van der Waals surface area (Å²) in [6.45, 7) is 0. The van der Waals surface area contributed by atoms with Crippen LogP contribution in [0.2, 0.25) is 0 Å². The number of hydrogen-bond acceptors (Lipinski definition) is 3. The molecule has 152 valence electrons. The van der Waals surface area contributed by atoms with Crippen LogP contribution in [0.3, 0.4) is 0 Å². The Morgan fingerprint density at radius 2 is 1.67 bits per heavy atom. The number of hydrazone groups is 1. The SMILES string of the molecule is Fc1cccc(N/N=C\c2cc(C3C4CC5CC(C4)CC3C5)nc3ccccc23)c1. The Hall–Kier alpha value is -2.75. The van der Waals surface area contributed by atoms with Crippen LogP contribution in [0.5, 0.6) is 0 Å². The van der Waals surface area contributed by atoms with Crippen LogP contribution in [0, 0.1) is 29.5 Å². The molecule has 0 unspecified atom stereocenters. The summed E-state index contributed by atoms with van der Waals surface area (Å²) in [6, 6.07) is 16.9. The predicted molar refractivity (Wildman–Crippen MR) is 119 cm³/mol. The van der Waals surface area contributed by atoms with Crippen LogP contribution in [0.25, 0.3) is 10.9 Å². The summed E-state index contributed by atoms with van der Waals surface area (Å²) in [6.07, 6.45) is 8.86. The monoisotopic (exact) mass is 399 g/mol. The predicted octanol–water partition coefficient (Wildman–Crippen LogP) is 6.36. The lowest BCUT2D eigenvalue weighted by molar-refractivity contribution is -0.00405. The van der Waals surface area contributed by atoms with Gasteiger partial charge in [0.25, 0.3) is 0 Å². The van der Waals surface area contributed by atoms with E-state index in [1.807, 2.05) is 18.3 Å². The summed E-state index contributed by atoms with van der Waals surface area (Å²) in [5, 5.41) is 5.52. The topological polar surface area (TPSA) is 37.3 Å². The Morgan fingerprint density at radius 3 is 2.43 bits per heavy atom. The Bertz CT molecular complexity index is 1090. The van der Waals surface area contributed by atoms with Crippen molar-refractivity contribution in [1.29, 1.82) is 0 Å². The number of anilines is 1. The molecule has 1 aromatic heterocycles. The lowest BCUT2D eigenvalue weighted by Gasteiger charge is -2.54. The minimum atomic E-state index is -0.270. The number of benzene rings is 2. The Labute approximate surface area is 176 Å². The van der Waals surface area contributed by atoms with Gasteiger partial charge in [-0.25, -0.2) is 4.39 Å². The van der Waals surface area contributed by atoms with E-state index in [1.54, 1.807) is 6.07 Å². The normalized spacial score (nSPS) is 29.7. The van der Waals surface area contributed by atoms with Crippen molar-refractivity contribution in [2.24, 2.45) is 28.8 Å². The maximum Gasteiger partial charge on any atom is 0.125 e. The summed E-state index contributed by atoms with van der Waals surface area (Å²) in [4.78, 5) is 5.13. The van der Waals surface area contributed by atoms with Crippen LogP contribution in [0.15, 0.2) is 59.7 Å². The summed E-state index contributed by atoms with van der Waals surface area (Å²) in [7, 11) is 0. The average Bonchev–Trinajstić information content (AvgIpc) is 2.73. The highest BCUT2D eigenvalue weighted by atomic mass is 19.1. The van der Waals surface area contributed by atoms with Crippen LogP contribution in [0.4, 0.5) is 10.1 Å². The number of nitrogens with one attached hydrogen (secondary N) is 1. The molecule has 0 saturated heterocycles. The molecule has 1 N–H and O–H groups in total. The van der Waals surface area contributed by atoms with Crippen molar-refractivity contribution in [3.63, 3.8) is 0 Å². The molecule has 0 amide bonds. The Kier molecular flexibility index (Phi) is 4.33. The van der Waals surface area contributed by atoms with E-state index in [9.17, 15) is 4.39 Å². The van der Waals surface area contributed by atoms with Gasteiger partial charge in [0.2, 0.25) is 0 Å². The average molecular weight is 400 g/mol. The first-order valence-corrected chi connectivity index (χ1v) is 11.2. The van der Waals surface area contributed by atoms with Crippen LogP contribution in [-0.2, 0) is 0 Å². The van der Waals surface area contributed by atoms with E-state index in [2.05, 4.69) is 34.8 Å². The fraction of sp³-hybridized carbons (Fsp3) is 0.385. The highest BCUT2D eigenvalue weighted by Gasteiger charge is 2.49. The van der Waals surface area contributed by atoms with Gasteiger partial charge in [-0.2, -0.15) is 5.10 Å². The van der Waals surface area contributed by atoms with E-state index in [-0.39, 0.29) is 5.82 Å². The molecule has 4 heteroatoms. The van der Waals surface area contributed by atoms with Crippen molar-refractivity contribution < 1.29 is 4.39 Å². The third-order valence-corrected chi connectivity index (χ3v) is 7.56. The Morgan fingerprint density at radius 1 is 0.900 bits per heavy atom. The summed E-state index contributed by atoms with van der Waals surface area (Å²) in [5.41, 5.74) is 6.96. The van der Waals surface area contributed by atoms with Crippen LogP contribution in [0.1, 0.15) is 49.3 Å². The molecule has 3 aromatic rings. The highest BCUT2D eigenvalue weighted by Crippen LogP contribution is 2.59. The third kappa shape index (κ3) is 3.19. The minimum absolute atomic E-state index is 0.270. The number of fused-ring (bicyclic) bond motifs is 1. The molecule has 30 heavy (non-hydrogen) atoms. The van der Waals surface area contributed by atoms with E-state index >= 15 is 0 Å². The second kappa shape index (κ2) is 7.19. The minimum Gasteiger partial charge on any atom is -0.278 e. The second-order valence-electron chi connectivity index (χ2n) is 9.49. The molecule has 4 aliphatic carbocycles. The molecule has 4 aliphatic rings. The zero-order chi connectivity index (χ0) is 20.1. The van der Waals surface area contributed by atoms with Gasteiger partial charge >= 0.3 is 0 Å². The molecule has 0 radical (unpaired) electrons. The highest BCUT2D eigenvalue weighted by molar-refractivity contribution is 5.98. The van der Waals surface area contributed by atoms with Crippen LogP contribution in [-0.4, -0.2) is 11.2 Å². The molecule has 0 spiro atoms.